The van der Waals surface area contributed by atoms with Crippen LogP contribution in [-0.4, -0.2) is 10.1 Å². The van der Waals surface area contributed by atoms with Gasteiger partial charge in [0.05, 0.1) is 0 Å². The molecular weight excluding hydrogens is 216 g/mol. The lowest BCUT2D eigenvalue weighted by Crippen LogP contribution is -1.92. The molecule has 4 heteroatoms. The molecule has 0 bridgehead atoms. The number of hydrogen-bond donors (Lipinski definition) is 0. The van der Waals surface area contributed by atoms with Crippen LogP contribution in [0.4, 0.5) is 0 Å². The fraction of sp³-hybridized carbons (Fsp3) is 0.385. The van der Waals surface area contributed by atoms with Crippen LogP contribution < -0.4 is 0 Å². The summed E-state index contributed by atoms with van der Waals surface area (Å²) >= 11 is 0. The molecule has 0 aliphatic heterocycles. The molecule has 0 saturated carbocycles. The number of aromatic nitrogens is 2. The van der Waals surface area contributed by atoms with Gasteiger partial charge >= 0.3 is 0 Å². The van der Waals surface area contributed by atoms with E-state index in [9.17, 15) is 5.11 Å². The molecule has 1 unspecified atom stereocenters. The van der Waals surface area contributed by atoms with Crippen LogP contribution in [0, 0.1) is 20.8 Å². The van der Waals surface area contributed by atoms with Crippen molar-refractivity contribution in [3.05, 3.63) is 34.7 Å². The fourth-order valence-corrected chi connectivity index (χ4v) is 1.78. The summed E-state index contributed by atoms with van der Waals surface area (Å²) in [7, 11) is 0. The van der Waals surface area contributed by atoms with E-state index < -0.39 is 6.10 Å². The van der Waals surface area contributed by atoms with Crippen LogP contribution in [0.1, 0.15) is 35.6 Å². The van der Waals surface area contributed by atoms with Gasteiger partial charge in [-0.05, 0) is 44.9 Å². The summed E-state index contributed by atoms with van der Waals surface area (Å²) in [6.07, 6.45) is -0.984. The normalized spacial score (nSPS) is 12.8. The maximum atomic E-state index is 11.2. The zero-order chi connectivity index (χ0) is 12.6. The minimum absolute atomic E-state index is 0.138. The highest BCUT2D eigenvalue weighted by molar-refractivity contribution is 5.62. The third kappa shape index (κ3) is 2.22. The van der Waals surface area contributed by atoms with Gasteiger partial charge in [-0.25, -0.2) is 5.11 Å². The van der Waals surface area contributed by atoms with Gasteiger partial charge in [-0.2, -0.15) is 4.98 Å². The lowest BCUT2D eigenvalue weighted by Gasteiger charge is -2.06. The molecule has 2 aromatic rings. The Balaban J connectivity index is 2.52. The van der Waals surface area contributed by atoms with Crippen LogP contribution in [0.2, 0.25) is 0 Å². The molecule has 0 aliphatic carbocycles. The molecule has 1 heterocycles. The number of rotatable bonds is 2. The zero-order valence-electron chi connectivity index (χ0n) is 10.4. The first-order valence-corrected chi connectivity index (χ1v) is 5.56. The molecule has 0 fully saturated rings. The van der Waals surface area contributed by atoms with E-state index >= 15 is 0 Å². The van der Waals surface area contributed by atoms with Gasteiger partial charge in [-0.3, -0.25) is 0 Å². The van der Waals surface area contributed by atoms with E-state index in [-0.39, 0.29) is 5.89 Å². The van der Waals surface area contributed by atoms with Crippen LogP contribution in [-0.2, 0) is 5.11 Å². The van der Waals surface area contributed by atoms with Gasteiger partial charge in [-0.15, -0.1) is 0 Å². The highest BCUT2D eigenvalue weighted by Crippen LogP contribution is 2.25. The molecule has 1 aromatic carbocycles. The number of nitrogens with zero attached hydrogens (tertiary/aromatic N) is 2. The predicted octanol–water partition coefficient (Wildman–Crippen LogP) is 3.15. The molecule has 0 saturated heterocycles. The van der Waals surface area contributed by atoms with Crippen molar-refractivity contribution < 1.29 is 9.63 Å². The van der Waals surface area contributed by atoms with Gasteiger partial charge in [0, 0.05) is 5.56 Å². The second-order valence-electron chi connectivity index (χ2n) is 4.35. The Bertz CT molecular complexity index is 544. The van der Waals surface area contributed by atoms with E-state index in [1.54, 1.807) is 0 Å². The molecule has 0 N–H and O–H groups in total. The summed E-state index contributed by atoms with van der Waals surface area (Å²) in [5.74, 6) is 0.630. The second-order valence-corrected chi connectivity index (χ2v) is 4.35. The number of aryl methyl sites for hydroxylation is 2. The molecule has 4 nitrogen and oxygen atoms in total. The van der Waals surface area contributed by atoms with E-state index in [2.05, 4.69) is 16.2 Å². The van der Waals surface area contributed by atoms with Crippen LogP contribution in [0.25, 0.3) is 11.4 Å². The fourth-order valence-electron chi connectivity index (χ4n) is 1.78. The first-order chi connectivity index (χ1) is 7.99. The highest BCUT2D eigenvalue weighted by Gasteiger charge is 2.16. The average Bonchev–Trinajstić information content (AvgIpc) is 2.72. The summed E-state index contributed by atoms with van der Waals surface area (Å²) in [5, 5.41) is 15.1. The minimum atomic E-state index is -0.984. The Kier molecular flexibility index (Phi) is 2.98. The molecule has 1 atom stereocenters. The van der Waals surface area contributed by atoms with Crippen molar-refractivity contribution in [3.8, 4) is 11.4 Å². The van der Waals surface area contributed by atoms with E-state index in [0.717, 1.165) is 16.7 Å². The third-order valence-electron chi connectivity index (χ3n) is 2.84. The Hall–Kier alpha value is -1.68. The Morgan fingerprint density at radius 2 is 1.94 bits per heavy atom. The van der Waals surface area contributed by atoms with Crippen molar-refractivity contribution in [1.82, 2.24) is 10.1 Å². The van der Waals surface area contributed by atoms with Crippen LogP contribution in [0.15, 0.2) is 16.7 Å². The average molecular weight is 231 g/mol. The lowest BCUT2D eigenvalue weighted by molar-refractivity contribution is 0.0746. The van der Waals surface area contributed by atoms with Crippen molar-refractivity contribution in [2.75, 3.05) is 0 Å². The van der Waals surface area contributed by atoms with Gasteiger partial charge in [-0.1, -0.05) is 16.8 Å². The molecular formula is C13H15N2O2. The van der Waals surface area contributed by atoms with Crippen molar-refractivity contribution in [2.45, 2.75) is 33.8 Å². The summed E-state index contributed by atoms with van der Waals surface area (Å²) in [4.78, 5) is 4.13. The Morgan fingerprint density at radius 3 is 2.53 bits per heavy atom. The quantitative estimate of drug-likeness (QED) is 0.797. The van der Waals surface area contributed by atoms with Crippen molar-refractivity contribution in [3.63, 3.8) is 0 Å². The molecule has 2 rings (SSSR count). The topological polar surface area (TPSA) is 58.8 Å². The summed E-state index contributed by atoms with van der Waals surface area (Å²) in [6.45, 7) is 7.57. The summed E-state index contributed by atoms with van der Waals surface area (Å²) in [6, 6.07) is 4.11. The third-order valence-corrected chi connectivity index (χ3v) is 2.84. The van der Waals surface area contributed by atoms with E-state index in [1.807, 2.05) is 26.8 Å². The molecule has 17 heavy (non-hydrogen) atoms. The van der Waals surface area contributed by atoms with Gasteiger partial charge < -0.3 is 4.52 Å². The van der Waals surface area contributed by atoms with E-state index in [0.29, 0.717) is 5.82 Å². The van der Waals surface area contributed by atoms with Crippen LogP contribution in [0.3, 0.4) is 0 Å². The monoisotopic (exact) mass is 231 g/mol. The Morgan fingerprint density at radius 1 is 1.24 bits per heavy atom. The van der Waals surface area contributed by atoms with Gasteiger partial charge in [0.1, 0.15) is 0 Å². The zero-order valence-corrected chi connectivity index (χ0v) is 10.4. The molecule has 1 aromatic heterocycles. The van der Waals surface area contributed by atoms with Gasteiger partial charge in [0.2, 0.25) is 5.82 Å². The van der Waals surface area contributed by atoms with Crippen molar-refractivity contribution in [1.29, 1.82) is 0 Å². The maximum Gasteiger partial charge on any atom is 0.259 e. The van der Waals surface area contributed by atoms with Crippen molar-refractivity contribution >= 4 is 0 Å². The Labute approximate surface area is 100 Å². The standard InChI is InChI=1S/C13H15N2O2/c1-7-5-8(2)9(3)11(6-7)12-14-13(10(4)16)17-15-12/h5-6,10H,1-4H3. The molecule has 0 spiro atoms. The molecule has 89 valence electrons. The molecule has 1 radical (unpaired) electrons. The summed E-state index contributed by atoms with van der Waals surface area (Å²) in [5.41, 5.74) is 4.37. The van der Waals surface area contributed by atoms with Crippen LogP contribution >= 0.6 is 0 Å². The number of benzene rings is 1. The lowest BCUT2D eigenvalue weighted by atomic mass is 10.00. The maximum absolute atomic E-state index is 11.2. The van der Waals surface area contributed by atoms with Crippen LogP contribution in [0.5, 0.6) is 0 Å². The van der Waals surface area contributed by atoms with E-state index in [1.165, 1.54) is 12.5 Å². The van der Waals surface area contributed by atoms with Gasteiger partial charge in [0.15, 0.2) is 6.10 Å². The van der Waals surface area contributed by atoms with E-state index in [4.69, 9.17) is 4.52 Å². The first-order valence-electron chi connectivity index (χ1n) is 5.56. The summed E-state index contributed by atoms with van der Waals surface area (Å²) < 4.78 is 4.94. The van der Waals surface area contributed by atoms with Crippen molar-refractivity contribution in [2.24, 2.45) is 0 Å². The molecule has 0 aliphatic rings. The highest BCUT2D eigenvalue weighted by atomic mass is 16.5. The first kappa shape index (κ1) is 11.8. The second kappa shape index (κ2) is 4.30. The predicted molar refractivity (Wildman–Crippen MR) is 63.0 cm³/mol. The van der Waals surface area contributed by atoms with Gasteiger partial charge in [0.25, 0.3) is 5.89 Å². The SMILES string of the molecule is Cc1cc(C)c(C)c(-c2noc(C(C)[O])n2)c1. The smallest absolute Gasteiger partial charge is 0.259 e. The molecule has 0 amide bonds. The number of hydrogen-bond acceptors (Lipinski definition) is 3. The minimum Gasteiger partial charge on any atom is -0.336 e. The largest absolute Gasteiger partial charge is 0.336 e.